The van der Waals surface area contributed by atoms with Gasteiger partial charge in [0.05, 0.1) is 18.2 Å². The quantitative estimate of drug-likeness (QED) is 0.890. The summed E-state index contributed by atoms with van der Waals surface area (Å²) in [6.45, 7) is 1.67. The molecular weight excluding hydrogens is 231 g/mol. The minimum absolute atomic E-state index is 0.142. The van der Waals surface area contributed by atoms with Gasteiger partial charge in [-0.1, -0.05) is 12.5 Å². The van der Waals surface area contributed by atoms with Gasteiger partial charge in [0.25, 0.3) is 0 Å². The molecule has 0 radical (unpaired) electrons. The van der Waals surface area contributed by atoms with E-state index in [4.69, 9.17) is 5.26 Å². The van der Waals surface area contributed by atoms with Gasteiger partial charge in [-0.05, 0) is 37.1 Å². The van der Waals surface area contributed by atoms with Crippen molar-refractivity contribution in [2.24, 2.45) is 0 Å². The van der Waals surface area contributed by atoms with E-state index >= 15 is 0 Å². The average molecular weight is 248 g/mol. The fourth-order valence-corrected chi connectivity index (χ4v) is 2.48. The van der Waals surface area contributed by atoms with Crippen molar-refractivity contribution in [3.63, 3.8) is 0 Å². The standard InChI is InChI=1S/C14H17FN2O/c15-13-5-4-11(12(7-13)8-16)9-17-6-2-1-3-14(17)10-18/h4-5,7,14,18H,1-3,6,9-10H2. The minimum atomic E-state index is -0.382. The van der Waals surface area contributed by atoms with Crippen LogP contribution in [0.15, 0.2) is 18.2 Å². The van der Waals surface area contributed by atoms with Gasteiger partial charge in [0, 0.05) is 12.6 Å². The van der Waals surface area contributed by atoms with Crippen LogP contribution < -0.4 is 0 Å². The van der Waals surface area contributed by atoms with Crippen molar-refractivity contribution in [3.8, 4) is 6.07 Å². The molecule has 0 saturated carbocycles. The van der Waals surface area contributed by atoms with E-state index in [0.29, 0.717) is 12.1 Å². The van der Waals surface area contributed by atoms with Gasteiger partial charge in [0.15, 0.2) is 0 Å². The number of nitrogens with zero attached hydrogens (tertiary/aromatic N) is 2. The van der Waals surface area contributed by atoms with Crippen molar-refractivity contribution in [1.29, 1.82) is 5.26 Å². The highest BCUT2D eigenvalue weighted by molar-refractivity contribution is 5.37. The Morgan fingerprint density at radius 3 is 3.00 bits per heavy atom. The van der Waals surface area contributed by atoms with Crippen molar-refractivity contribution in [2.45, 2.75) is 31.8 Å². The molecule has 0 amide bonds. The van der Waals surface area contributed by atoms with E-state index in [9.17, 15) is 9.50 Å². The Morgan fingerprint density at radius 2 is 2.28 bits per heavy atom. The number of hydrogen-bond donors (Lipinski definition) is 1. The molecule has 1 fully saturated rings. The molecule has 0 aromatic heterocycles. The maximum Gasteiger partial charge on any atom is 0.124 e. The molecule has 1 saturated heterocycles. The van der Waals surface area contributed by atoms with Crippen molar-refractivity contribution in [3.05, 3.63) is 35.1 Å². The Bertz CT molecular complexity index is 456. The van der Waals surface area contributed by atoms with E-state index in [2.05, 4.69) is 4.90 Å². The van der Waals surface area contributed by atoms with Gasteiger partial charge in [0.1, 0.15) is 5.82 Å². The van der Waals surface area contributed by atoms with Gasteiger partial charge in [-0.15, -0.1) is 0 Å². The smallest absolute Gasteiger partial charge is 0.124 e. The average Bonchev–Trinajstić information content (AvgIpc) is 2.41. The number of halogens is 1. The lowest BCUT2D eigenvalue weighted by Gasteiger charge is -2.34. The molecule has 1 aromatic rings. The number of hydrogen-bond acceptors (Lipinski definition) is 3. The molecule has 0 aliphatic carbocycles. The van der Waals surface area contributed by atoms with E-state index in [0.717, 1.165) is 31.4 Å². The van der Waals surface area contributed by atoms with Crippen LogP contribution in [0.3, 0.4) is 0 Å². The molecule has 1 unspecified atom stereocenters. The predicted molar refractivity (Wildman–Crippen MR) is 66.2 cm³/mol. The lowest BCUT2D eigenvalue weighted by molar-refractivity contribution is 0.0840. The van der Waals surface area contributed by atoms with Crippen LogP contribution in [0.1, 0.15) is 30.4 Å². The summed E-state index contributed by atoms with van der Waals surface area (Å²) in [4.78, 5) is 2.18. The van der Waals surface area contributed by atoms with Gasteiger partial charge in [0.2, 0.25) is 0 Å². The largest absolute Gasteiger partial charge is 0.395 e. The van der Waals surface area contributed by atoms with E-state index in [1.165, 1.54) is 12.1 Å². The molecule has 1 N–H and O–H groups in total. The van der Waals surface area contributed by atoms with Gasteiger partial charge >= 0.3 is 0 Å². The zero-order chi connectivity index (χ0) is 13.0. The molecule has 2 rings (SSSR count). The Kier molecular flexibility index (Phi) is 4.29. The van der Waals surface area contributed by atoms with Gasteiger partial charge in [-0.3, -0.25) is 4.90 Å². The van der Waals surface area contributed by atoms with Crippen LogP contribution in [0.4, 0.5) is 4.39 Å². The maximum atomic E-state index is 13.1. The number of aliphatic hydroxyl groups excluding tert-OH is 1. The molecule has 1 heterocycles. The molecule has 18 heavy (non-hydrogen) atoms. The number of likely N-dealkylation sites (tertiary alicyclic amines) is 1. The maximum absolute atomic E-state index is 13.1. The first-order valence-corrected chi connectivity index (χ1v) is 6.28. The highest BCUT2D eigenvalue weighted by Gasteiger charge is 2.22. The van der Waals surface area contributed by atoms with Crippen LogP contribution in [0.5, 0.6) is 0 Å². The van der Waals surface area contributed by atoms with Crippen molar-refractivity contribution in [2.75, 3.05) is 13.2 Å². The monoisotopic (exact) mass is 248 g/mol. The number of aliphatic hydroxyl groups is 1. The molecular formula is C14H17FN2O. The van der Waals surface area contributed by atoms with Crippen LogP contribution in [0.2, 0.25) is 0 Å². The predicted octanol–water partition coefficient (Wildman–Crippen LogP) is 2.04. The molecule has 1 atom stereocenters. The third-order valence-corrected chi connectivity index (χ3v) is 3.53. The van der Waals surface area contributed by atoms with Gasteiger partial charge < -0.3 is 5.11 Å². The first kappa shape index (κ1) is 13.0. The lowest BCUT2D eigenvalue weighted by atomic mass is 10.0. The first-order valence-electron chi connectivity index (χ1n) is 6.28. The third-order valence-electron chi connectivity index (χ3n) is 3.53. The molecule has 96 valence electrons. The van der Waals surface area contributed by atoms with Crippen LogP contribution in [0, 0.1) is 17.1 Å². The first-order chi connectivity index (χ1) is 8.74. The Labute approximate surface area is 106 Å². The molecule has 4 heteroatoms. The van der Waals surface area contributed by atoms with Crippen molar-refractivity contribution >= 4 is 0 Å². The highest BCUT2D eigenvalue weighted by Crippen LogP contribution is 2.21. The number of benzene rings is 1. The van der Waals surface area contributed by atoms with Crippen LogP contribution in [-0.4, -0.2) is 29.2 Å². The van der Waals surface area contributed by atoms with Crippen molar-refractivity contribution in [1.82, 2.24) is 4.90 Å². The van der Waals surface area contributed by atoms with E-state index in [1.807, 2.05) is 6.07 Å². The second kappa shape index (κ2) is 5.94. The SMILES string of the molecule is N#Cc1cc(F)ccc1CN1CCCCC1CO. The molecule has 0 bridgehead atoms. The minimum Gasteiger partial charge on any atom is -0.395 e. The second-order valence-electron chi connectivity index (χ2n) is 4.72. The number of nitriles is 1. The zero-order valence-electron chi connectivity index (χ0n) is 10.3. The fourth-order valence-electron chi connectivity index (χ4n) is 2.48. The summed E-state index contributed by atoms with van der Waals surface area (Å²) in [5.41, 5.74) is 1.22. The van der Waals surface area contributed by atoms with E-state index in [1.54, 1.807) is 6.07 Å². The Morgan fingerprint density at radius 1 is 1.44 bits per heavy atom. The van der Waals surface area contributed by atoms with Gasteiger partial charge in [-0.25, -0.2) is 4.39 Å². The fraction of sp³-hybridized carbons (Fsp3) is 0.500. The summed E-state index contributed by atoms with van der Waals surface area (Å²) in [5.74, 6) is -0.382. The number of piperidine rings is 1. The highest BCUT2D eigenvalue weighted by atomic mass is 19.1. The Hall–Kier alpha value is -1.44. The normalized spacial score (nSPS) is 20.6. The van der Waals surface area contributed by atoms with E-state index < -0.39 is 0 Å². The zero-order valence-corrected chi connectivity index (χ0v) is 10.3. The second-order valence-corrected chi connectivity index (χ2v) is 4.72. The molecule has 0 spiro atoms. The molecule has 1 aromatic carbocycles. The van der Waals surface area contributed by atoms with Crippen molar-refractivity contribution < 1.29 is 9.50 Å². The summed E-state index contributed by atoms with van der Waals surface area (Å²) in [6, 6.07) is 6.51. The van der Waals surface area contributed by atoms with Gasteiger partial charge in [-0.2, -0.15) is 5.26 Å². The summed E-state index contributed by atoms with van der Waals surface area (Å²) in [5, 5.41) is 18.4. The lowest BCUT2D eigenvalue weighted by Crippen LogP contribution is -2.41. The van der Waals surface area contributed by atoms with Crippen LogP contribution in [0.25, 0.3) is 0 Å². The number of rotatable bonds is 3. The molecule has 3 nitrogen and oxygen atoms in total. The van der Waals surface area contributed by atoms with Crippen LogP contribution in [-0.2, 0) is 6.54 Å². The molecule has 1 aliphatic rings. The summed E-state index contributed by atoms with van der Waals surface area (Å²) >= 11 is 0. The summed E-state index contributed by atoms with van der Waals surface area (Å²) in [7, 11) is 0. The summed E-state index contributed by atoms with van der Waals surface area (Å²) < 4.78 is 13.1. The third kappa shape index (κ3) is 2.87. The topological polar surface area (TPSA) is 47.3 Å². The van der Waals surface area contributed by atoms with Crippen LogP contribution >= 0.6 is 0 Å². The Balaban J connectivity index is 2.15. The molecule has 1 aliphatic heterocycles. The van der Waals surface area contributed by atoms with E-state index in [-0.39, 0.29) is 18.5 Å². The summed E-state index contributed by atoms with van der Waals surface area (Å²) in [6.07, 6.45) is 3.23.